The van der Waals surface area contributed by atoms with Gasteiger partial charge in [-0.25, -0.2) is 4.68 Å². The summed E-state index contributed by atoms with van der Waals surface area (Å²) < 4.78 is 1.63. The molecule has 2 aromatic rings. The number of unbranched alkanes of at least 4 members (excludes halogenated alkanes) is 2. The van der Waals surface area contributed by atoms with Crippen LogP contribution in [0, 0.1) is 0 Å². The standard InChI is InChI=1S/C16H24N4O/c1-2-3-4-5-13-6-8-14(9-7-13)16-12-20(19-18-16)11-15(21)10-17/h6-9,12,15,21H,2-5,10-11,17H2,1H3/t15-/m0/s1. The Labute approximate surface area is 125 Å². The fourth-order valence-corrected chi connectivity index (χ4v) is 2.23. The molecule has 0 radical (unpaired) electrons. The molecule has 1 aromatic heterocycles. The molecular formula is C16H24N4O. The molecule has 0 saturated heterocycles. The number of hydrogen-bond acceptors (Lipinski definition) is 4. The lowest BCUT2D eigenvalue weighted by Gasteiger charge is -2.05. The highest BCUT2D eigenvalue weighted by Crippen LogP contribution is 2.18. The number of aromatic nitrogens is 3. The average molecular weight is 288 g/mol. The Balaban J connectivity index is 1.98. The first-order valence-electron chi connectivity index (χ1n) is 7.60. The van der Waals surface area contributed by atoms with Crippen LogP contribution >= 0.6 is 0 Å². The van der Waals surface area contributed by atoms with Gasteiger partial charge in [-0.3, -0.25) is 0 Å². The van der Waals surface area contributed by atoms with Crippen LogP contribution in [-0.4, -0.2) is 32.7 Å². The molecule has 5 heteroatoms. The van der Waals surface area contributed by atoms with Crippen molar-refractivity contribution in [1.29, 1.82) is 0 Å². The maximum absolute atomic E-state index is 9.52. The third-order valence-corrected chi connectivity index (χ3v) is 3.53. The molecule has 0 spiro atoms. The van der Waals surface area contributed by atoms with Crippen molar-refractivity contribution in [2.24, 2.45) is 5.73 Å². The van der Waals surface area contributed by atoms with Crippen LogP contribution in [0.5, 0.6) is 0 Å². The molecule has 3 N–H and O–H groups in total. The molecule has 0 aliphatic rings. The molecule has 1 atom stereocenters. The monoisotopic (exact) mass is 288 g/mol. The Kier molecular flexibility index (Phi) is 5.90. The molecule has 0 amide bonds. The molecule has 0 bridgehead atoms. The number of hydrogen-bond donors (Lipinski definition) is 2. The van der Waals surface area contributed by atoms with Crippen LogP contribution in [0.4, 0.5) is 0 Å². The van der Waals surface area contributed by atoms with Crippen molar-refractivity contribution in [3.05, 3.63) is 36.0 Å². The van der Waals surface area contributed by atoms with E-state index in [0.717, 1.165) is 17.7 Å². The highest BCUT2D eigenvalue weighted by molar-refractivity contribution is 5.57. The van der Waals surface area contributed by atoms with Crippen molar-refractivity contribution in [1.82, 2.24) is 15.0 Å². The van der Waals surface area contributed by atoms with Gasteiger partial charge in [0.25, 0.3) is 0 Å². The molecule has 1 aromatic carbocycles. The second-order valence-electron chi connectivity index (χ2n) is 5.37. The van der Waals surface area contributed by atoms with E-state index in [1.54, 1.807) is 4.68 Å². The average Bonchev–Trinajstić information content (AvgIpc) is 2.96. The number of rotatable bonds is 8. The maximum atomic E-state index is 9.52. The van der Waals surface area contributed by atoms with Gasteiger partial charge in [-0.05, 0) is 18.4 Å². The molecule has 2 rings (SSSR count). The van der Waals surface area contributed by atoms with Crippen molar-refractivity contribution in [3.8, 4) is 11.3 Å². The Morgan fingerprint density at radius 1 is 1.24 bits per heavy atom. The second-order valence-corrected chi connectivity index (χ2v) is 5.37. The van der Waals surface area contributed by atoms with Crippen LogP contribution in [0.3, 0.4) is 0 Å². The first-order chi connectivity index (χ1) is 10.2. The Hall–Kier alpha value is -1.72. The predicted molar refractivity (Wildman–Crippen MR) is 83.7 cm³/mol. The predicted octanol–water partition coefficient (Wildman–Crippen LogP) is 2.00. The van der Waals surface area contributed by atoms with Crippen LogP contribution < -0.4 is 5.73 Å². The highest BCUT2D eigenvalue weighted by atomic mass is 16.3. The number of nitrogens with two attached hydrogens (primary N) is 1. The van der Waals surface area contributed by atoms with E-state index in [1.807, 2.05) is 6.20 Å². The molecule has 0 aliphatic carbocycles. The molecule has 0 saturated carbocycles. The van der Waals surface area contributed by atoms with Gasteiger partial charge in [-0.1, -0.05) is 49.2 Å². The Morgan fingerprint density at radius 2 is 2.00 bits per heavy atom. The molecule has 0 unspecified atom stereocenters. The molecule has 21 heavy (non-hydrogen) atoms. The smallest absolute Gasteiger partial charge is 0.113 e. The minimum atomic E-state index is -0.583. The van der Waals surface area contributed by atoms with E-state index in [0.29, 0.717) is 6.54 Å². The minimum absolute atomic E-state index is 0.224. The van der Waals surface area contributed by atoms with Crippen LogP contribution in [-0.2, 0) is 13.0 Å². The van der Waals surface area contributed by atoms with Crippen LogP contribution in [0.15, 0.2) is 30.5 Å². The highest BCUT2D eigenvalue weighted by Gasteiger charge is 2.07. The summed E-state index contributed by atoms with van der Waals surface area (Å²) in [6.07, 6.45) is 6.15. The van der Waals surface area contributed by atoms with Crippen molar-refractivity contribution in [2.45, 2.75) is 45.3 Å². The van der Waals surface area contributed by atoms with Crippen molar-refractivity contribution in [2.75, 3.05) is 6.54 Å². The quantitative estimate of drug-likeness (QED) is 0.728. The van der Waals surface area contributed by atoms with Crippen LogP contribution in [0.2, 0.25) is 0 Å². The van der Waals surface area contributed by atoms with E-state index in [-0.39, 0.29) is 6.54 Å². The van der Waals surface area contributed by atoms with E-state index in [1.165, 1.54) is 24.8 Å². The van der Waals surface area contributed by atoms with Gasteiger partial charge in [0.15, 0.2) is 0 Å². The maximum Gasteiger partial charge on any atom is 0.113 e. The number of aryl methyl sites for hydroxylation is 1. The summed E-state index contributed by atoms with van der Waals surface area (Å²) in [6, 6.07) is 8.46. The normalized spacial score (nSPS) is 12.5. The van der Waals surface area contributed by atoms with Gasteiger partial charge in [0.2, 0.25) is 0 Å². The molecule has 0 fully saturated rings. The van der Waals surface area contributed by atoms with Crippen molar-refractivity contribution >= 4 is 0 Å². The Morgan fingerprint density at radius 3 is 2.67 bits per heavy atom. The largest absolute Gasteiger partial charge is 0.390 e. The summed E-state index contributed by atoms with van der Waals surface area (Å²) in [4.78, 5) is 0. The van der Waals surface area contributed by atoms with E-state index in [9.17, 15) is 5.11 Å². The van der Waals surface area contributed by atoms with Gasteiger partial charge < -0.3 is 10.8 Å². The molecule has 0 aliphatic heterocycles. The summed E-state index contributed by atoms with van der Waals surface area (Å²) in [5, 5.41) is 17.7. The van der Waals surface area contributed by atoms with E-state index in [4.69, 9.17) is 5.73 Å². The second kappa shape index (κ2) is 7.90. The first-order valence-corrected chi connectivity index (χ1v) is 7.60. The number of nitrogens with zero attached hydrogens (tertiary/aromatic N) is 3. The minimum Gasteiger partial charge on any atom is -0.390 e. The zero-order chi connectivity index (χ0) is 15.1. The summed E-state index contributed by atoms with van der Waals surface area (Å²) in [7, 11) is 0. The zero-order valence-electron chi connectivity index (χ0n) is 12.6. The van der Waals surface area contributed by atoms with Crippen molar-refractivity contribution in [3.63, 3.8) is 0 Å². The molecule has 114 valence electrons. The van der Waals surface area contributed by atoms with Crippen LogP contribution in [0.25, 0.3) is 11.3 Å². The van der Waals surface area contributed by atoms with Gasteiger partial charge in [-0.15, -0.1) is 5.10 Å². The van der Waals surface area contributed by atoms with Gasteiger partial charge in [0.1, 0.15) is 5.69 Å². The summed E-state index contributed by atoms with van der Waals surface area (Å²) >= 11 is 0. The fraction of sp³-hybridized carbons (Fsp3) is 0.500. The molecular weight excluding hydrogens is 264 g/mol. The number of aliphatic hydroxyl groups excluding tert-OH is 1. The third kappa shape index (κ3) is 4.65. The summed E-state index contributed by atoms with van der Waals surface area (Å²) in [5.74, 6) is 0. The number of benzene rings is 1. The van der Waals surface area contributed by atoms with Gasteiger partial charge in [0, 0.05) is 12.1 Å². The Bertz CT molecular complexity index is 535. The van der Waals surface area contributed by atoms with E-state index in [2.05, 4.69) is 41.5 Å². The van der Waals surface area contributed by atoms with Gasteiger partial charge >= 0.3 is 0 Å². The van der Waals surface area contributed by atoms with Crippen molar-refractivity contribution < 1.29 is 5.11 Å². The number of aliphatic hydroxyl groups is 1. The lowest BCUT2D eigenvalue weighted by Crippen LogP contribution is -2.25. The van der Waals surface area contributed by atoms with Gasteiger partial charge in [-0.2, -0.15) is 0 Å². The lowest BCUT2D eigenvalue weighted by molar-refractivity contribution is 0.156. The molecule has 5 nitrogen and oxygen atoms in total. The summed E-state index contributed by atoms with van der Waals surface area (Å²) in [5.41, 5.74) is 8.62. The topological polar surface area (TPSA) is 77.0 Å². The zero-order valence-corrected chi connectivity index (χ0v) is 12.6. The van der Waals surface area contributed by atoms with Crippen LogP contribution in [0.1, 0.15) is 31.7 Å². The first kappa shape index (κ1) is 15.7. The fourth-order valence-electron chi connectivity index (χ4n) is 2.23. The third-order valence-electron chi connectivity index (χ3n) is 3.53. The lowest BCUT2D eigenvalue weighted by atomic mass is 10.0. The van der Waals surface area contributed by atoms with Gasteiger partial charge in [0.05, 0.1) is 18.8 Å². The van der Waals surface area contributed by atoms with E-state index < -0.39 is 6.10 Å². The SMILES string of the molecule is CCCCCc1ccc(-c2cn(C[C@@H](O)CN)nn2)cc1. The van der Waals surface area contributed by atoms with E-state index >= 15 is 0 Å². The summed E-state index contributed by atoms with van der Waals surface area (Å²) in [6.45, 7) is 2.81. The molecule has 1 heterocycles.